The molecule has 0 amide bonds. The summed E-state index contributed by atoms with van der Waals surface area (Å²) >= 11 is 0. The minimum atomic E-state index is -0.585. The molecule has 0 radical (unpaired) electrons. The average Bonchev–Trinajstić information content (AvgIpc) is 2.88. The van der Waals surface area contributed by atoms with Crippen LogP contribution in [-0.2, 0) is 5.54 Å². The molecule has 0 saturated carbocycles. The molecule has 2 aromatic heterocycles. The summed E-state index contributed by atoms with van der Waals surface area (Å²) in [5.41, 5.74) is 5.39. The zero-order chi connectivity index (χ0) is 10.9. The molecule has 0 fully saturated rings. The molecule has 5 heteroatoms. The van der Waals surface area contributed by atoms with Crippen LogP contribution in [0.2, 0.25) is 0 Å². The Labute approximate surface area is 87.3 Å². The van der Waals surface area contributed by atoms with Gasteiger partial charge in [-0.1, -0.05) is 12.1 Å². The van der Waals surface area contributed by atoms with Crippen LogP contribution in [0.15, 0.2) is 27.3 Å². The Kier molecular flexibility index (Phi) is 2.32. The van der Waals surface area contributed by atoms with Crippen LogP contribution < -0.4 is 5.73 Å². The summed E-state index contributed by atoms with van der Waals surface area (Å²) in [6.45, 7) is 3.82. The van der Waals surface area contributed by atoms with E-state index < -0.39 is 5.54 Å². The van der Waals surface area contributed by atoms with Crippen molar-refractivity contribution in [1.29, 1.82) is 0 Å². The summed E-state index contributed by atoms with van der Waals surface area (Å²) in [5.74, 6) is 1.44. The van der Waals surface area contributed by atoms with E-state index in [4.69, 9.17) is 14.7 Å². The SMILES string of the molecule is CCC(C)(N)c1nc(-c2ccco2)no1. The molecule has 0 aliphatic rings. The molecule has 2 heterocycles. The van der Waals surface area contributed by atoms with Crippen LogP contribution in [0.3, 0.4) is 0 Å². The Morgan fingerprint density at radius 1 is 1.53 bits per heavy atom. The lowest BCUT2D eigenvalue weighted by molar-refractivity contribution is 0.291. The standard InChI is InChI=1S/C10H13N3O2/c1-3-10(2,11)9-12-8(13-15-9)7-5-4-6-14-7/h4-6H,3,11H2,1-2H3. The van der Waals surface area contributed by atoms with Gasteiger partial charge in [0.2, 0.25) is 11.7 Å². The fourth-order valence-corrected chi connectivity index (χ4v) is 1.11. The first-order valence-electron chi connectivity index (χ1n) is 4.80. The minimum absolute atomic E-state index is 0.427. The van der Waals surface area contributed by atoms with Gasteiger partial charge in [0.05, 0.1) is 11.8 Å². The van der Waals surface area contributed by atoms with Crippen LogP contribution in [0.5, 0.6) is 0 Å². The average molecular weight is 207 g/mol. The first-order chi connectivity index (χ1) is 7.13. The minimum Gasteiger partial charge on any atom is -0.461 e. The largest absolute Gasteiger partial charge is 0.461 e. The maximum atomic E-state index is 5.98. The van der Waals surface area contributed by atoms with Crippen LogP contribution in [0.4, 0.5) is 0 Å². The molecule has 0 bridgehead atoms. The van der Waals surface area contributed by atoms with Gasteiger partial charge in [-0.25, -0.2) is 0 Å². The predicted molar refractivity (Wildman–Crippen MR) is 53.8 cm³/mol. The van der Waals surface area contributed by atoms with Crippen molar-refractivity contribution in [2.24, 2.45) is 5.73 Å². The van der Waals surface area contributed by atoms with Gasteiger partial charge in [-0.05, 0) is 25.5 Å². The van der Waals surface area contributed by atoms with E-state index >= 15 is 0 Å². The Morgan fingerprint density at radius 3 is 2.93 bits per heavy atom. The number of hydrogen-bond acceptors (Lipinski definition) is 5. The molecule has 80 valence electrons. The topological polar surface area (TPSA) is 78.1 Å². The van der Waals surface area contributed by atoms with Crippen LogP contribution in [0.1, 0.15) is 26.2 Å². The van der Waals surface area contributed by atoms with Gasteiger partial charge in [0.15, 0.2) is 5.76 Å². The van der Waals surface area contributed by atoms with E-state index in [1.54, 1.807) is 18.4 Å². The first kappa shape index (κ1) is 9.92. The zero-order valence-corrected chi connectivity index (χ0v) is 8.73. The number of rotatable bonds is 3. The molecule has 0 saturated heterocycles. The molecular weight excluding hydrogens is 194 g/mol. The van der Waals surface area contributed by atoms with Crippen molar-refractivity contribution in [2.75, 3.05) is 0 Å². The van der Waals surface area contributed by atoms with Crippen LogP contribution in [-0.4, -0.2) is 10.1 Å². The van der Waals surface area contributed by atoms with Crippen molar-refractivity contribution < 1.29 is 8.94 Å². The highest BCUT2D eigenvalue weighted by atomic mass is 16.5. The van der Waals surface area contributed by atoms with E-state index in [1.165, 1.54) is 0 Å². The monoisotopic (exact) mass is 207 g/mol. The maximum absolute atomic E-state index is 5.98. The molecule has 2 rings (SSSR count). The molecule has 2 N–H and O–H groups in total. The predicted octanol–water partition coefficient (Wildman–Crippen LogP) is 1.91. The third-order valence-electron chi connectivity index (χ3n) is 2.39. The zero-order valence-electron chi connectivity index (χ0n) is 8.73. The second-order valence-corrected chi connectivity index (χ2v) is 3.67. The van der Waals surface area contributed by atoms with Gasteiger partial charge in [-0.15, -0.1) is 0 Å². The lowest BCUT2D eigenvalue weighted by Crippen LogP contribution is -2.32. The molecule has 0 aliphatic heterocycles. The summed E-state index contributed by atoms with van der Waals surface area (Å²) in [6.07, 6.45) is 2.29. The quantitative estimate of drug-likeness (QED) is 0.831. The fraction of sp³-hybridized carbons (Fsp3) is 0.400. The Hall–Kier alpha value is -1.62. The van der Waals surface area contributed by atoms with E-state index in [0.29, 0.717) is 17.5 Å². The highest BCUT2D eigenvalue weighted by molar-refractivity contribution is 5.44. The number of furan rings is 1. The Morgan fingerprint density at radius 2 is 2.33 bits per heavy atom. The van der Waals surface area contributed by atoms with E-state index in [0.717, 1.165) is 6.42 Å². The third-order valence-corrected chi connectivity index (χ3v) is 2.39. The lowest BCUT2D eigenvalue weighted by Gasteiger charge is -2.16. The molecular formula is C10H13N3O2. The number of nitrogens with zero attached hydrogens (tertiary/aromatic N) is 2. The van der Waals surface area contributed by atoms with Crippen molar-refractivity contribution in [3.05, 3.63) is 24.3 Å². The Bertz CT molecular complexity index is 431. The molecule has 0 aliphatic carbocycles. The highest BCUT2D eigenvalue weighted by Gasteiger charge is 2.26. The molecule has 2 aromatic rings. The van der Waals surface area contributed by atoms with Crippen molar-refractivity contribution in [3.8, 4) is 11.6 Å². The highest BCUT2D eigenvalue weighted by Crippen LogP contribution is 2.23. The molecule has 1 atom stereocenters. The first-order valence-corrected chi connectivity index (χ1v) is 4.80. The van der Waals surface area contributed by atoms with Gasteiger partial charge in [-0.3, -0.25) is 0 Å². The van der Waals surface area contributed by atoms with Gasteiger partial charge in [0.25, 0.3) is 0 Å². The van der Waals surface area contributed by atoms with Crippen LogP contribution in [0, 0.1) is 0 Å². The Balaban J connectivity index is 2.33. The van der Waals surface area contributed by atoms with E-state index in [1.807, 2.05) is 13.8 Å². The van der Waals surface area contributed by atoms with Gasteiger partial charge >= 0.3 is 0 Å². The third kappa shape index (κ3) is 1.78. The van der Waals surface area contributed by atoms with Crippen LogP contribution in [0.25, 0.3) is 11.6 Å². The maximum Gasteiger partial charge on any atom is 0.246 e. The molecule has 0 aromatic carbocycles. The summed E-state index contributed by atoms with van der Waals surface area (Å²) in [6, 6.07) is 3.54. The van der Waals surface area contributed by atoms with Crippen molar-refractivity contribution in [2.45, 2.75) is 25.8 Å². The molecule has 15 heavy (non-hydrogen) atoms. The molecule has 5 nitrogen and oxygen atoms in total. The number of nitrogens with two attached hydrogens (primary N) is 1. The van der Waals surface area contributed by atoms with Gasteiger partial charge in [0, 0.05) is 0 Å². The smallest absolute Gasteiger partial charge is 0.246 e. The van der Waals surface area contributed by atoms with Crippen molar-refractivity contribution >= 4 is 0 Å². The summed E-state index contributed by atoms with van der Waals surface area (Å²) < 4.78 is 10.3. The normalized spacial score (nSPS) is 15.1. The van der Waals surface area contributed by atoms with E-state index in [-0.39, 0.29) is 0 Å². The summed E-state index contributed by atoms with van der Waals surface area (Å²) in [5, 5.41) is 3.81. The van der Waals surface area contributed by atoms with Gasteiger partial charge in [-0.2, -0.15) is 4.98 Å². The molecule has 1 unspecified atom stereocenters. The fourth-order valence-electron chi connectivity index (χ4n) is 1.11. The second-order valence-electron chi connectivity index (χ2n) is 3.67. The van der Waals surface area contributed by atoms with E-state index in [9.17, 15) is 0 Å². The second kappa shape index (κ2) is 3.51. The summed E-state index contributed by atoms with van der Waals surface area (Å²) in [4.78, 5) is 4.20. The number of hydrogen-bond donors (Lipinski definition) is 1. The van der Waals surface area contributed by atoms with Crippen molar-refractivity contribution in [3.63, 3.8) is 0 Å². The van der Waals surface area contributed by atoms with Crippen molar-refractivity contribution in [1.82, 2.24) is 10.1 Å². The lowest BCUT2D eigenvalue weighted by atomic mass is 10.0. The number of aromatic nitrogens is 2. The van der Waals surface area contributed by atoms with Gasteiger partial charge < -0.3 is 14.7 Å². The molecule has 0 spiro atoms. The van der Waals surface area contributed by atoms with Crippen LogP contribution >= 0.6 is 0 Å². The summed E-state index contributed by atoms with van der Waals surface area (Å²) in [7, 11) is 0. The van der Waals surface area contributed by atoms with E-state index in [2.05, 4.69) is 10.1 Å². The van der Waals surface area contributed by atoms with Gasteiger partial charge in [0.1, 0.15) is 0 Å².